The molecule has 3 aliphatic carbocycles. The summed E-state index contributed by atoms with van der Waals surface area (Å²) in [6.07, 6.45) is 17.7. The van der Waals surface area contributed by atoms with Crippen molar-refractivity contribution in [2.75, 3.05) is 0 Å². The van der Waals surface area contributed by atoms with E-state index in [1.807, 2.05) is 20.8 Å². The first-order valence-corrected chi connectivity index (χ1v) is 15.2. The van der Waals surface area contributed by atoms with Crippen LogP contribution in [-0.4, -0.2) is 45.7 Å². The zero-order valence-corrected chi connectivity index (χ0v) is 24.4. The maximum atomic E-state index is 12.9. The third-order valence-electron chi connectivity index (χ3n) is 9.03. The van der Waals surface area contributed by atoms with Crippen LogP contribution in [-0.2, 0) is 9.53 Å². The molecule has 0 aromatic heterocycles. The Hall–Kier alpha value is -0.940. The predicted octanol–water partition coefficient (Wildman–Crippen LogP) is 7.41. The van der Waals surface area contributed by atoms with Crippen molar-refractivity contribution in [1.82, 2.24) is 0 Å². The number of aliphatic hydroxyl groups is 2. The molecule has 2 unspecified atom stereocenters. The van der Waals surface area contributed by atoms with Gasteiger partial charge in [0.1, 0.15) is 5.60 Å². The van der Waals surface area contributed by atoms with E-state index >= 15 is 0 Å². The normalized spacial score (nSPS) is 27.6. The molecule has 2 N–H and O–H groups in total. The Morgan fingerprint density at radius 3 is 1.89 bits per heavy atom. The van der Waals surface area contributed by atoms with Gasteiger partial charge in [0, 0.05) is 5.71 Å². The van der Waals surface area contributed by atoms with E-state index in [1.54, 1.807) is 0 Å². The fourth-order valence-electron chi connectivity index (χ4n) is 6.44. The number of ether oxygens (including phenoxy) is 1. The van der Waals surface area contributed by atoms with Gasteiger partial charge in [-0.05, 0) is 57.3 Å². The number of fused-ring (bicyclic) bond motifs is 2. The van der Waals surface area contributed by atoms with E-state index in [0.29, 0.717) is 24.5 Å². The molecule has 0 saturated heterocycles. The molecule has 0 amide bonds. The van der Waals surface area contributed by atoms with Crippen LogP contribution in [0.3, 0.4) is 0 Å². The Morgan fingerprint density at radius 1 is 0.944 bits per heavy atom. The Bertz CT molecular complexity index is 684. The molecule has 210 valence electrons. The van der Waals surface area contributed by atoms with Gasteiger partial charge in [0.2, 0.25) is 0 Å². The van der Waals surface area contributed by atoms with E-state index in [9.17, 15) is 15.0 Å². The van der Waals surface area contributed by atoms with Crippen molar-refractivity contribution in [1.29, 1.82) is 0 Å². The standard InChI is InChI=1S/C31H57NO4/c1-7-8-9-10-11-12-13-14-15-16-17-18-19-20-25(33)28(29(34)36-23(2)3)32-27-22-24-21-26(30(24,4)5)31(27,6)35/h23-26,28,33,35H,7-22H2,1-6H3/t24-,25?,26-,28?,31-/m0/s1. The number of aliphatic imine (C=N–C) groups is 1. The molecule has 5 nitrogen and oxygen atoms in total. The third kappa shape index (κ3) is 8.82. The maximum absolute atomic E-state index is 12.9. The lowest BCUT2D eigenvalue weighted by Gasteiger charge is -2.62. The van der Waals surface area contributed by atoms with Crippen LogP contribution in [0.25, 0.3) is 0 Å². The molecule has 5 heteroatoms. The monoisotopic (exact) mass is 507 g/mol. The van der Waals surface area contributed by atoms with Crippen molar-refractivity contribution in [3.63, 3.8) is 0 Å². The highest BCUT2D eigenvalue weighted by Gasteiger charge is 2.61. The number of unbranched alkanes of at least 4 members (excludes halogenated alkanes) is 12. The molecule has 3 aliphatic rings. The van der Waals surface area contributed by atoms with Gasteiger partial charge in [0.05, 0.1) is 12.2 Å². The van der Waals surface area contributed by atoms with Crippen LogP contribution in [0.2, 0.25) is 0 Å². The molecule has 0 radical (unpaired) electrons. The van der Waals surface area contributed by atoms with Gasteiger partial charge in [-0.25, -0.2) is 4.79 Å². The first-order valence-electron chi connectivity index (χ1n) is 15.2. The van der Waals surface area contributed by atoms with Gasteiger partial charge < -0.3 is 14.9 Å². The van der Waals surface area contributed by atoms with E-state index in [-0.39, 0.29) is 17.4 Å². The molecule has 0 aromatic rings. The topological polar surface area (TPSA) is 79.1 Å². The van der Waals surface area contributed by atoms with Crippen molar-refractivity contribution in [3.05, 3.63) is 0 Å². The number of aliphatic hydroxyl groups excluding tert-OH is 1. The summed E-state index contributed by atoms with van der Waals surface area (Å²) in [7, 11) is 0. The van der Waals surface area contributed by atoms with Crippen molar-refractivity contribution < 1.29 is 19.7 Å². The third-order valence-corrected chi connectivity index (χ3v) is 9.03. The summed E-state index contributed by atoms with van der Waals surface area (Å²) in [5, 5.41) is 22.3. The molecule has 5 atom stereocenters. The Morgan fingerprint density at radius 2 is 1.44 bits per heavy atom. The van der Waals surface area contributed by atoms with Crippen LogP contribution in [0.1, 0.15) is 144 Å². The molecular weight excluding hydrogens is 450 g/mol. The summed E-state index contributed by atoms with van der Waals surface area (Å²) in [6, 6.07) is -0.952. The molecule has 2 bridgehead atoms. The van der Waals surface area contributed by atoms with Crippen LogP contribution in [0.4, 0.5) is 0 Å². The summed E-state index contributed by atoms with van der Waals surface area (Å²) < 4.78 is 5.45. The van der Waals surface area contributed by atoms with Crippen LogP contribution in [0.5, 0.6) is 0 Å². The number of carbonyl (C=O) groups is 1. The van der Waals surface area contributed by atoms with E-state index in [4.69, 9.17) is 9.73 Å². The largest absolute Gasteiger partial charge is 0.461 e. The van der Waals surface area contributed by atoms with Crippen LogP contribution in [0, 0.1) is 17.3 Å². The number of hydrogen-bond acceptors (Lipinski definition) is 5. The summed E-state index contributed by atoms with van der Waals surface area (Å²) in [4.78, 5) is 17.6. The second-order valence-electron chi connectivity index (χ2n) is 12.8. The first-order chi connectivity index (χ1) is 17.0. The smallest absolute Gasteiger partial charge is 0.333 e. The molecule has 3 fully saturated rings. The van der Waals surface area contributed by atoms with Gasteiger partial charge >= 0.3 is 5.97 Å². The fraction of sp³-hybridized carbons (Fsp3) is 0.935. The SMILES string of the molecule is CCCCCCCCCCCCCCCC(O)C(N=C1C[C@@H]2C[C@@H](C2(C)C)[C@]1(C)O)C(=O)OC(C)C. The molecular formula is C31H57NO4. The molecule has 0 spiro atoms. The lowest BCUT2D eigenvalue weighted by Crippen LogP contribution is -2.65. The minimum atomic E-state index is -1.04. The van der Waals surface area contributed by atoms with E-state index < -0.39 is 23.7 Å². The maximum Gasteiger partial charge on any atom is 0.333 e. The predicted molar refractivity (Wildman–Crippen MR) is 149 cm³/mol. The zero-order chi connectivity index (χ0) is 26.8. The summed E-state index contributed by atoms with van der Waals surface area (Å²) in [6.45, 7) is 12.2. The minimum absolute atomic E-state index is 0.0870. The number of esters is 1. The summed E-state index contributed by atoms with van der Waals surface area (Å²) in [5.74, 6) is 0.137. The van der Waals surface area contributed by atoms with E-state index in [2.05, 4.69) is 20.8 Å². The van der Waals surface area contributed by atoms with E-state index in [1.165, 1.54) is 70.6 Å². The Kier molecular flexibility index (Phi) is 12.9. The Labute approximate surface area is 221 Å². The zero-order valence-electron chi connectivity index (χ0n) is 24.4. The van der Waals surface area contributed by atoms with E-state index in [0.717, 1.165) is 19.3 Å². The van der Waals surface area contributed by atoms with Gasteiger partial charge in [-0.1, -0.05) is 104 Å². The summed E-state index contributed by atoms with van der Waals surface area (Å²) >= 11 is 0. The average Bonchev–Trinajstić information content (AvgIpc) is 2.79. The Balaban J connectivity index is 1.76. The van der Waals surface area contributed by atoms with Crippen LogP contribution in [0.15, 0.2) is 4.99 Å². The number of nitrogens with zero attached hydrogens (tertiary/aromatic N) is 1. The second-order valence-corrected chi connectivity index (χ2v) is 12.8. The molecule has 36 heavy (non-hydrogen) atoms. The fourth-order valence-corrected chi connectivity index (χ4v) is 6.44. The van der Waals surface area contributed by atoms with Crippen LogP contribution < -0.4 is 0 Å². The number of carbonyl (C=O) groups excluding carboxylic acids is 1. The molecule has 0 aromatic carbocycles. The molecule has 3 rings (SSSR count). The van der Waals surface area contributed by atoms with Gasteiger partial charge in [-0.2, -0.15) is 0 Å². The number of hydrogen-bond donors (Lipinski definition) is 2. The highest BCUT2D eigenvalue weighted by molar-refractivity contribution is 5.96. The summed E-state index contributed by atoms with van der Waals surface area (Å²) in [5.41, 5.74) is -0.286. The highest BCUT2D eigenvalue weighted by atomic mass is 16.5. The van der Waals surface area contributed by atoms with Gasteiger partial charge in [0.15, 0.2) is 6.04 Å². The minimum Gasteiger partial charge on any atom is -0.461 e. The quantitative estimate of drug-likeness (QED) is 0.150. The van der Waals surface area contributed by atoms with Gasteiger partial charge in [-0.3, -0.25) is 4.99 Å². The molecule has 3 saturated carbocycles. The van der Waals surface area contributed by atoms with Crippen molar-refractivity contribution in [3.8, 4) is 0 Å². The second kappa shape index (κ2) is 14.9. The van der Waals surface area contributed by atoms with Crippen molar-refractivity contribution >= 4 is 11.7 Å². The first kappa shape index (κ1) is 31.3. The van der Waals surface area contributed by atoms with Gasteiger partial charge in [0.25, 0.3) is 0 Å². The lowest BCUT2D eigenvalue weighted by atomic mass is 9.44. The van der Waals surface area contributed by atoms with Crippen molar-refractivity contribution in [2.45, 2.75) is 168 Å². The average molecular weight is 508 g/mol. The number of rotatable bonds is 18. The van der Waals surface area contributed by atoms with Gasteiger partial charge in [-0.15, -0.1) is 0 Å². The molecule has 0 aliphatic heterocycles. The molecule has 0 heterocycles. The highest BCUT2D eigenvalue weighted by Crippen LogP contribution is 2.61. The van der Waals surface area contributed by atoms with Crippen LogP contribution >= 0.6 is 0 Å². The lowest BCUT2D eigenvalue weighted by molar-refractivity contribution is -0.152. The van der Waals surface area contributed by atoms with Crippen molar-refractivity contribution in [2.24, 2.45) is 22.2 Å².